The van der Waals surface area contributed by atoms with Crippen LogP contribution in [0.2, 0.25) is 0 Å². The van der Waals surface area contributed by atoms with Crippen LogP contribution in [0.25, 0.3) is 5.82 Å². The molecule has 0 spiro atoms. The first-order valence-electron chi connectivity index (χ1n) is 7.24. The molecular formula is C15H20N4O2. The van der Waals surface area contributed by atoms with Gasteiger partial charge in [0.25, 0.3) is 5.91 Å². The Balaban J connectivity index is 1.79. The van der Waals surface area contributed by atoms with Crippen LogP contribution in [0.3, 0.4) is 0 Å². The second-order valence-corrected chi connectivity index (χ2v) is 5.41. The highest BCUT2D eigenvalue weighted by atomic mass is 16.5. The first kappa shape index (κ1) is 13.9. The molecule has 1 aliphatic rings. The zero-order valence-corrected chi connectivity index (χ0v) is 12.3. The third-order valence-electron chi connectivity index (χ3n) is 3.88. The summed E-state index contributed by atoms with van der Waals surface area (Å²) >= 11 is 0. The van der Waals surface area contributed by atoms with Crippen LogP contribution in [0.4, 0.5) is 0 Å². The molecule has 3 heterocycles. The van der Waals surface area contributed by atoms with Gasteiger partial charge in [-0.05, 0) is 31.9 Å². The van der Waals surface area contributed by atoms with Crippen LogP contribution in [-0.2, 0) is 11.8 Å². The first-order valence-corrected chi connectivity index (χ1v) is 7.24. The number of nitrogens with zero attached hydrogens (tertiary/aromatic N) is 3. The lowest BCUT2D eigenvalue weighted by Crippen LogP contribution is -2.41. The summed E-state index contributed by atoms with van der Waals surface area (Å²) in [5.74, 6) is 0.645. The molecule has 0 bridgehead atoms. The van der Waals surface area contributed by atoms with Crippen molar-refractivity contribution < 1.29 is 9.53 Å². The molecule has 1 saturated heterocycles. The number of aryl methyl sites for hydroxylation is 1. The molecular weight excluding hydrogens is 268 g/mol. The molecule has 6 nitrogen and oxygen atoms in total. The molecule has 112 valence electrons. The van der Waals surface area contributed by atoms with Gasteiger partial charge in [0, 0.05) is 26.0 Å². The Morgan fingerprint density at radius 3 is 2.90 bits per heavy atom. The lowest BCUT2D eigenvalue weighted by atomic mass is 10.1. The number of amides is 1. The minimum Gasteiger partial charge on any atom is -0.376 e. The maximum atomic E-state index is 12.5. The highest BCUT2D eigenvalue weighted by Crippen LogP contribution is 2.17. The lowest BCUT2D eigenvalue weighted by Gasteiger charge is -2.20. The van der Waals surface area contributed by atoms with E-state index in [0.29, 0.717) is 5.56 Å². The zero-order chi connectivity index (χ0) is 14.8. The number of ether oxygens (including phenoxy) is 1. The third-order valence-corrected chi connectivity index (χ3v) is 3.88. The van der Waals surface area contributed by atoms with Crippen molar-refractivity contribution in [1.82, 2.24) is 19.7 Å². The maximum absolute atomic E-state index is 12.5. The van der Waals surface area contributed by atoms with Crippen LogP contribution in [0.1, 0.15) is 30.1 Å². The van der Waals surface area contributed by atoms with E-state index in [2.05, 4.69) is 10.4 Å². The Labute approximate surface area is 123 Å². The number of hydrogen-bond donors (Lipinski definition) is 1. The minimum atomic E-state index is -0.116. The summed E-state index contributed by atoms with van der Waals surface area (Å²) in [6.07, 6.45) is 7.58. The molecule has 1 aliphatic heterocycles. The number of carbonyl (C=O) groups is 1. The van der Waals surface area contributed by atoms with Gasteiger partial charge in [-0.25, -0.2) is 0 Å². The van der Waals surface area contributed by atoms with Crippen LogP contribution >= 0.6 is 0 Å². The van der Waals surface area contributed by atoms with E-state index < -0.39 is 0 Å². The molecule has 0 saturated carbocycles. The molecule has 21 heavy (non-hydrogen) atoms. The van der Waals surface area contributed by atoms with E-state index in [0.717, 1.165) is 25.3 Å². The Hall–Kier alpha value is -2.08. The smallest absolute Gasteiger partial charge is 0.256 e. The number of nitrogens with one attached hydrogen (secondary N) is 1. The van der Waals surface area contributed by atoms with E-state index in [1.165, 1.54) is 0 Å². The maximum Gasteiger partial charge on any atom is 0.256 e. The fourth-order valence-electron chi connectivity index (χ4n) is 2.75. The Kier molecular flexibility index (Phi) is 3.79. The van der Waals surface area contributed by atoms with E-state index in [-0.39, 0.29) is 18.1 Å². The van der Waals surface area contributed by atoms with Crippen molar-refractivity contribution in [1.29, 1.82) is 0 Å². The zero-order valence-electron chi connectivity index (χ0n) is 12.3. The second-order valence-electron chi connectivity index (χ2n) is 5.41. The molecule has 2 aromatic rings. The third kappa shape index (κ3) is 2.71. The topological polar surface area (TPSA) is 61.1 Å². The Bertz CT molecular complexity index is 612. The van der Waals surface area contributed by atoms with E-state index in [1.807, 2.05) is 43.1 Å². The molecule has 0 radical (unpaired) electrons. The van der Waals surface area contributed by atoms with Crippen LogP contribution in [0, 0.1) is 0 Å². The number of carbonyl (C=O) groups excluding carboxylic acids is 1. The summed E-state index contributed by atoms with van der Waals surface area (Å²) in [6.45, 7) is 2.77. The first-order chi connectivity index (χ1) is 10.2. The molecule has 2 aromatic heterocycles. The highest BCUT2D eigenvalue weighted by Gasteiger charge is 2.25. The molecule has 6 heteroatoms. The summed E-state index contributed by atoms with van der Waals surface area (Å²) in [7, 11) is 1.83. The molecule has 3 rings (SSSR count). The number of rotatable bonds is 4. The van der Waals surface area contributed by atoms with Crippen molar-refractivity contribution in [2.24, 2.45) is 7.05 Å². The monoisotopic (exact) mass is 288 g/mol. The molecule has 0 unspecified atom stereocenters. The van der Waals surface area contributed by atoms with E-state index >= 15 is 0 Å². The standard InChI is InChI=1S/C15H20N4O2/c1-11(13-6-5-9-21-13)17-14(20)12-10-16-18(2)15(12)19-7-3-4-8-19/h3-4,7-8,10-11,13H,5-6,9H2,1-2H3,(H,17,20)/t11-,13-/m1/s1. The summed E-state index contributed by atoms with van der Waals surface area (Å²) in [5.41, 5.74) is 0.568. The van der Waals surface area contributed by atoms with Gasteiger partial charge < -0.3 is 14.6 Å². The Morgan fingerprint density at radius 2 is 2.24 bits per heavy atom. The predicted octanol–water partition coefficient (Wildman–Crippen LogP) is 1.51. The van der Waals surface area contributed by atoms with Crippen molar-refractivity contribution >= 4 is 5.91 Å². The summed E-state index contributed by atoms with van der Waals surface area (Å²) in [6, 6.07) is 3.84. The van der Waals surface area contributed by atoms with Crippen molar-refractivity contribution in [2.75, 3.05) is 6.61 Å². The number of aromatic nitrogens is 3. The molecule has 1 amide bonds. The van der Waals surface area contributed by atoms with Crippen LogP contribution in [0.5, 0.6) is 0 Å². The molecule has 1 N–H and O–H groups in total. The average molecular weight is 288 g/mol. The van der Waals surface area contributed by atoms with Gasteiger partial charge in [0.1, 0.15) is 11.4 Å². The quantitative estimate of drug-likeness (QED) is 0.927. The summed E-state index contributed by atoms with van der Waals surface area (Å²) in [5, 5.41) is 7.23. The van der Waals surface area contributed by atoms with E-state index in [4.69, 9.17) is 4.74 Å². The second kappa shape index (κ2) is 5.73. The van der Waals surface area contributed by atoms with Crippen molar-refractivity contribution in [3.05, 3.63) is 36.3 Å². The largest absolute Gasteiger partial charge is 0.376 e. The minimum absolute atomic E-state index is 0.00211. The summed E-state index contributed by atoms with van der Waals surface area (Å²) in [4.78, 5) is 12.5. The number of hydrogen-bond acceptors (Lipinski definition) is 3. The summed E-state index contributed by atoms with van der Waals surface area (Å²) < 4.78 is 9.21. The van der Waals surface area contributed by atoms with Gasteiger partial charge in [-0.1, -0.05) is 0 Å². The Morgan fingerprint density at radius 1 is 1.48 bits per heavy atom. The molecule has 1 fully saturated rings. The molecule has 0 aliphatic carbocycles. The van der Waals surface area contributed by atoms with Gasteiger partial charge in [-0.15, -0.1) is 0 Å². The fraction of sp³-hybridized carbons (Fsp3) is 0.467. The lowest BCUT2D eigenvalue weighted by molar-refractivity contribution is 0.0712. The van der Waals surface area contributed by atoms with Gasteiger partial charge in [0.15, 0.2) is 0 Å². The highest BCUT2D eigenvalue weighted by molar-refractivity contribution is 5.97. The van der Waals surface area contributed by atoms with Gasteiger partial charge in [0.2, 0.25) is 0 Å². The van der Waals surface area contributed by atoms with Crippen LogP contribution in [0.15, 0.2) is 30.7 Å². The van der Waals surface area contributed by atoms with Crippen molar-refractivity contribution in [3.8, 4) is 5.82 Å². The van der Waals surface area contributed by atoms with Crippen LogP contribution in [-0.4, -0.2) is 39.0 Å². The fourth-order valence-corrected chi connectivity index (χ4v) is 2.75. The predicted molar refractivity (Wildman–Crippen MR) is 78.4 cm³/mol. The van der Waals surface area contributed by atoms with Gasteiger partial charge >= 0.3 is 0 Å². The van der Waals surface area contributed by atoms with E-state index in [9.17, 15) is 4.79 Å². The van der Waals surface area contributed by atoms with Crippen LogP contribution < -0.4 is 5.32 Å². The van der Waals surface area contributed by atoms with Gasteiger partial charge in [0.05, 0.1) is 18.3 Å². The van der Waals surface area contributed by atoms with Crippen molar-refractivity contribution in [2.45, 2.75) is 31.9 Å². The normalized spacial score (nSPS) is 19.6. The molecule has 2 atom stereocenters. The SMILES string of the molecule is C[C@@H](NC(=O)c1cnn(C)c1-n1cccc1)[C@H]1CCCO1. The van der Waals surface area contributed by atoms with Crippen molar-refractivity contribution in [3.63, 3.8) is 0 Å². The average Bonchev–Trinajstić information content (AvgIpc) is 3.19. The van der Waals surface area contributed by atoms with Gasteiger partial charge in [-0.3, -0.25) is 9.48 Å². The molecule has 0 aromatic carbocycles. The van der Waals surface area contributed by atoms with Gasteiger partial charge in [-0.2, -0.15) is 5.10 Å². The van der Waals surface area contributed by atoms with E-state index in [1.54, 1.807) is 10.9 Å².